The van der Waals surface area contributed by atoms with Crippen molar-refractivity contribution in [3.05, 3.63) is 18.9 Å². The van der Waals surface area contributed by atoms with Gasteiger partial charge in [-0.3, -0.25) is 0 Å². The van der Waals surface area contributed by atoms with Crippen molar-refractivity contribution in [2.24, 2.45) is 0 Å². The van der Waals surface area contributed by atoms with Crippen molar-refractivity contribution in [1.82, 2.24) is 19.5 Å². The average molecular weight is 178 g/mol. The second kappa shape index (κ2) is 3.10. The average Bonchev–Trinajstić information content (AvgIpc) is 2.60. The van der Waals surface area contributed by atoms with Crippen LogP contribution in [0, 0.1) is 0 Å². The molecule has 5 nitrogen and oxygen atoms in total. The van der Waals surface area contributed by atoms with E-state index in [0.717, 1.165) is 11.2 Å². The van der Waals surface area contributed by atoms with Gasteiger partial charge in [0.25, 0.3) is 0 Å². The highest BCUT2D eigenvalue weighted by Crippen LogP contribution is 2.12. The van der Waals surface area contributed by atoms with Gasteiger partial charge in [-0.15, -0.1) is 0 Å². The highest BCUT2D eigenvalue weighted by atomic mass is 16.3. The Labute approximate surface area is 75.1 Å². The lowest BCUT2D eigenvalue weighted by molar-refractivity contribution is 0.241. The maximum Gasteiger partial charge on any atom is 0.163 e. The zero-order valence-corrected chi connectivity index (χ0v) is 7.25. The molecule has 2 rings (SSSR count). The van der Waals surface area contributed by atoms with E-state index in [2.05, 4.69) is 15.0 Å². The van der Waals surface area contributed by atoms with Crippen molar-refractivity contribution < 1.29 is 5.11 Å². The summed E-state index contributed by atoms with van der Waals surface area (Å²) >= 11 is 0. The maximum atomic E-state index is 8.97. The van der Waals surface area contributed by atoms with Crippen LogP contribution in [-0.2, 0) is 0 Å². The molecule has 0 amide bonds. The third-order valence-corrected chi connectivity index (χ3v) is 1.98. The van der Waals surface area contributed by atoms with E-state index in [4.69, 9.17) is 5.11 Å². The largest absolute Gasteiger partial charge is 0.394 e. The summed E-state index contributed by atoms with van der Waals surface area (Å²) in [5.41, 5.74) is 1.51. The number of hydrogen-bond donors (Lipinski definition) is 1. The first-order chi connectivity index (χ1) is 6.33. The minimum atomic E-state index is -0.0000926. The van der Waals surface area contributed by atoms with E-state index in [1.165, 1.54) is 6.33 Å². The normalized spacial score (nSPS) is 13.4. The van der Waals surface area contributed by atoms with Crippen LogP contribution < -0.4 is 0 Å². The summed E-state index contributed by atoms with van der Waals surface area (Å²) in [5, 5.41) is 8.97. The number of nitrogens with zero attached hydrogens (tertiary/aromatic N) is 4. The zero-order chi connectivity index (χ0) is 9.26. The molecule has 0 bridgehead atoms. The molecule has 2 aromatic rings. The Balaban J connectivity index is 2.57. The predicted molar refractivity (Wildman–Crippen MR) is 47.1 cm³/mol. The second-order valence-corrected chi connectivity index (χ2v) is 2.92. The Hall–Kier alpha value is -1.49. The number of fused-ring (bicyclic) bond motifs is 1. The third kappa shape index (κ3) is 1.27. The van der Waals surface area contributed by atoms with Gasteiger partial charge in [-0.25, -0.2) is 15.0 Å². The molecule has 2 heterocycles. The number of hydrogen-bond acceptors (Lipinski definition) is 4. The summed E-state index contributed by atoms with van der Waals surface area (Å²) in [4.78, 5) is 12.1. The summed E-state index contributed by atoms with van der Waals surface area (Å²) in [7, 11) is 0. The highest BCUT2D eigenvalue weighted by molar-refractivity contribution is 5.68. The molecular formula is C8H10N4O. The number of aliphatic hydroxyl groups excluding tert-OH is 1. The standard InChI is InChI=1S/C8H10N4O/c1-6(3-13)12-5-11-7-2-9-4-10-8(7)12/h2,4-6,13H,3H2,1H3/t6-/m0/s1. The highest BCUT2D eigenvalue weighted by Gasteiger charge is 2.08. The van der Waals surface area contributed by atoms with Crippen molar-refractivity contribution in [2.75, 3.05) is 6.61 Å². The van der Waals surface area contributed by atoms with Crippen LogP contribution in [0.4, 0.5) is 0 Å². The molecule has 68 valence electrons. The van der Waals surface area contributed by atoms with Gasteiger partial charge in [-0.2, -0.15) is 0 Å². The Kier molecular flexibility index (Phi) is 1.94. The summed E-state index contributed by atoms with van der Waals surface area (Å²) in [5.74, 6) is 0. The van der Waals surface area contributed by atoms with Gasteiger partial charge in [0.05, 0.1) is 25.2 Å². The molecule has 1 N–H and O–H groups in total. The van der Waals surface area contributed by atoms with Crippen molar-refractivity contribution in [3.63, 3.8) is 0 Å². The molecule has 1 atom stereocenters. The van der Waals surface area contributed by atoms with Crippen LogP contribution in [0.2, 0.25) is 0 Å². The van der Waals surface area contributed by atoms with E-state index in [1.807, 2.05) is 11.5 Å². The minimum Gasteiger partial charge on any atom is -0.394 e. The van der Waals surface area contributed by atoms with Crippen molar-refractivity contribution in [3.8, 4) is 0 Å². The van der Waals surface area contributed by atoms with Gasteiger partial charge in [-0.05, 0) is 6.92 Å². The molecule has 0 aliphatic carbocycles. The lowest BCUT2D eigenvalue weighted by Crippen LogP contribution is -2.08. The first kappa shape index (κ1) is 8.12. The van der Waals surface area contributed by atoms with Gasteiger partial charge >= 0.3 is 0 Å². The molecule has 13 heavy (non-hydrogen) atoms. The van der Waals surface area contributed by atoms with Crippen LogP contribution in [0.5, 0.6) is 0 Å². The number of aromatic nitrogens is 4. The van der Waals surface area contributed by atoms with Crippen LogP contribution >= 0.6 is 0 Å². The zero-order valence-electron chi connectivity index (χ0n) is 7.25. The molecule has 0 spiro atoms. The third-order valence-electron chi connectivity index (χ3n) is 1.98. The molecule has 0 saturated heterocycles. The lowest BCUT2D eigenvalue weighted by atomic mass is 10.3. The number of aliphatic hydroxyl groups is 1. The van der Waals surface area contributed by atoms with Crippen molar-refractivity contribution in [1.29, 1.82) is 0 Å². The monoisotopic (exact) mass is 178 g/mol. The van der Waals surface area contributed by atoms with E-state index in [0.29, 0.717) is 0 Å². The molecule has 0 saturated carbocycles. The molecular weight excluding hydrogens is 168 g/mol. The Morgan fingerprint density at radius 1 is 1.54 bits per heavy atom. The summed E-state index contributed by atoms with van der Waals surface area (Å²) < 4.78 is 1.83. The van der Waals surface area contributed by atoms with E-state index in [1.54, 1.807) is 12.5 Å². The SMILES string of the molecule is C[C@@H](CO)n1cnc2cncnc21. The Morgan fingerprint density at radius 3 is 3.15 bits per heavy atom. The van der Waals surface area contributed by atoms with Crippen LogP contribution in [0.1, 0.15) is 13.0 Å². The molecule has 0 aromatic carbocycles. The minimum absolute atomic E-state index is 0.0000926. The van der Waals surface area contributed by atoms with E-state index in [-0.39, 0.29) is 12.6 Å². The fraction of sp³-hybridized carbons (Fsp3) is 0.375. The fourth-order valence-electron chi connectivity index (χ4n) is 1.20. The smallest absolute Gasteiger partial charge is 0.163 e. The summed E-state index contributed by atoms with van der Waals surface area (Å²) in [6, 6.07) is -0.0000926. The number of rotatable bonds is 2. The van der Waals surface area contributed by atoms with Gasteiger partial charge in [0.2, 0.25) is 0 Å². The summed E-state index contributed by atoms with van der Waals surface area (Å²) in [6.07, 6.45) is 4.80. The molecule has 2 aromatic heterocycles. The van der Waals surface area contributed by atoms with Gasteiger partial charge in [0.1, 0.15) is 11.8 Å². The topological polar surface area (TPSA) is 63.8 Å². The first-order valence-electron chi connectivity index (χ1n) is 4.06. The summed E-state index contributed by atoms with van der Waals surface area (Å²) in [6.45, 7) is 1.98. The van der Waals surface area contributed by atoms with Gasteiger partial charge < -0.3 is 9.67 Å². The maximum absolute atomic E-state index is 8.97. The lowest BCUT2D eigenvalue weighted by Gasteiger charge is -2.08. The van der Waals surface area contributed by atoms with Crippen LogP contribution in [0.3, 0.4) is 0 Å². The van der Waals surface area contributed by atoms with Gasteiger partial charge in [0, 0.05) is 0 Å². The number of imidazole rings is 1. The van der Waals surface area contributed by atoms with E-state index in [9.17, 15) is 0 Å². The molecule has 0 radical (unpaired) electrons. The Bertz CT molecular complexity index is 411. The predicted octanol–water partition coefficient (Wildman–Crippen LogP) is 0.380. The quantitative estimate of drug-likeness (QED) is 0.722. The molecule has 0 aliphatic rings. The van der Waals surface area contributed by atoms with Crippen LogP contribution in [0.15, 0.2) is 18.9 Å². The van der Waals surface area contributed by atoms with Crippen LogP contribution in [-0.4, -0.2) is 31.2 Å². The van der Waals surface area contributed by atoms with Gasteiger partial charge in [0.15, 0.2) is 5.65 Å². The molecule has 5 heteroatoms. The molecule has 0 unspecified atom stereocenters. The first-order valence-corrected chi connectivity index (χ1v) is 4.06. The molecule has 0 aliphatic heterocycles. The van der Waals surface area contributed by atoms with Crippen molar-refractivity contribution >= 4 is 11.2 Å². The second-order valence-electron chi connectivity index (χ2n) is 2.92. The Morgan fingerprint density at radius 2 is 2.38 bits per heavy atom. The fourth-order valence-corrected chi connectivity index (χ4v) is 1.20. The molecule has 0 fully saturated rings. The van der Waals surface area contributed by atoms with E-state index >= 15 is 0 Å². The van der Waals surface area contributed by atoms with Gasteiger partial charge in [-0.1, -0.05) is 0 Å². The van der Waals surface area contributed by atoms with E-state index < -0.39 is 0 Å². The van der Waals surface area contributed by atoms with Crippen LogP contribution in [0.25, 0.3) is 11.2 Å². The van der Waals surface area contributed by atoms with Crippen molar-refractivity contribution in [2.45, 2.75) is 13.0 Å².